The summed E-state index contributed by atoms with van der Waals surface area (Å²) in [5.74, 6) is 1.04. The van der Waals surface area contributed by atoms with Crippen LogP contribution in [0.25, 0.3) is 0 Å². The topological polar surface area (TPSA) is 0 Å². The van der Waals surface area contributed by atoms with E-state index in [2.05, 4.69) is 6.92 Å². The van der Waals surface area contributed by atoms with Gasteiger partial charge in [0.05, 0.1) is 0 Å². The molecule has 1 aliphatic carbocycles. The van der Waals surface area contributed by atoms with E-state index >= 15 is 0 Å². The van der Waals surface area contributed by atoms with Crippen molar-refractivity contribution in [2.24, 2.45) is 5.92 Å². The SMILES string of the molecule is CC1CCCCC1.[Na]. The summed E-state index contributed by atoms with van der Waals surface area (Å²) in [6, 6.07) is 0. The maximum absolute atomic E-state index is 2.36. The average molecular weight is 121 g/mol. The average Bonchev–Trinajstić information content (AvgIpc) is 1.69. The smallest absolute Gasteiger partial charge is 0 e. The van der Waals surface area contributed by atoms with Gasteiger partial charge >= 0.3 is 0 Å². The molecular formula is C7H14Na. The second-order valence-electron chi connectivity index (χ2n) is 2.74. The van der Waals surface area contributed by atoms with Crippen molar-refractivity contribution in [3.05, 3.63) is 0 Å². The zero-order chi connectivity index (χ0) is 5.11. The molecular weight excluding hydrogens is 107 g/mol. The summed E-state index contributed by atoms with van der Waals surface area (Å²) in [4.78, 5) is 0. The van der Waals surface area contributed by atoms with Crippen molar-refractivity contribution in [2.75, 3.05) is 0 Å². The minimum atomic E-state index is 0. The number of hydrogen-bond donors (Lipinski definition) is 0. The van der Waals surface area contributed by atoms with Gasteiger partial charge in [0.15, 0.2) is 0 Å². The first kappa shape index (κ1) is 9.00. The third-order valence-electron chi connectivity index (χ3n) is 1.89. The number of hydrogen-bond acceptors (Lipinski definition) is 0. The quantitative estimate of drug-likeness (QED) is 0.431. The molecule has 8 heavy (non-hydrogen) atoms. The van der Waals surface area contributed by atoms with Crippen molar-refractivity contribution in [1.82, 2.24) is 0 Å². The van der Waals surface area contributed by atoms with Gasteiger partial charge in [-0.1, -0.05) is 39.0 Å². The van der Waals surface area contributed by atoms with Crippen LogP contribution in [0.3, 0.4) is 0 Å². The third-order valence-corrected chi connectivity index (χ3v) is 1.89. The van der Waals surface area contributed by atoms with Gasteiger partial charge in [0.25, 0.3) is 0 Å². The Balaban J connectivity index is 0.000000490. The van der Waals surface area contributed by atoms with Crippen LogP contribution >= 0.6 is 0 Å². The maximum Gasteiger partial charge on any atom is 0 e. The van der Waals surface area contributed by atoms with Crippen molar-refractivity contribution in [2.45, 2.75) is 39.0 Å². The number of rotatable bonds is 0. The van der Waals surface area contributed by atoms with Crippen LogP contribution in [0.2, 0.25) is 0 Å². The third kappa shape index (κ3) is 3.11. The van der Waals surface area contributed by atoms with E-state index in [1.807, 2.05) is 0 Å². The Morgan fingerprint density at radius 2 is 1.50 bits per heavy atom. The first-order valence-corrected chi connectivity index (χ1v) is 3.39. The Labute approximate surface area is 74.3 Å². The molecule has 1 fully saturated rings. The summed E-state index contributed by atoms with van der Waals surface area (Å²) in [7, 11) is 0. The summed E-state index contributed by atoms with van der Waals surface area (Å²) < 4.78 is 0. The van der Waals surface area contributed by atoms with E-state index in [4.69, 9.17) is 0 Å². The molecule has 0 nitrogen and oxygen atoms in total. The minimum Gasteiger partial charge on any atom is -0.0625 e. The molecule has 0 aromatic heterocycles. The first-order chi connectivity index (χ1) is 3.39. The van der Waals surface area contributed by atoms with Crippen LogP contribution in [0, 0.1) is 5.92 Å². The van der Waals surface area contributed by atoms with Gasteiger partial charge in [0.1, 0.15) is 0 Å². The molecule has 1 radical (unpaired) electrons. The second kappa shape index (κ2) is 4.84. The van der Waals surface area contributed by atoms with Crippen LogP contribution in [0.15, 0.2) is 0 Å². The molecule has 43 valence electrons. The van der Waals surface area contributed by atoms with Crippen molar-refractivity contribution >= 4 is 29.6 Å². The predicted molar refractivity (Wildman–Crippen MR) is 38.0 cm³/mol. The summed E-state index contributed by atoms with van der Waals surface area (Å²) in [6.45, 7) is 2.36. The molecule has 1 aliphatic rings. The monoisotopic (exact) mass is 121 g/mol. The van der Waals surface area contributed by atoms with Crippen LogP contribution in [-0.4, -0.2) is 29.6 Å². The summed E-state index contributed by atoms with van der Waals surface area (Å²) in [5.41, 5.74) is 0. The zero-order valence-corrected chi connectivity index (χ0v) is 8.11. The Hall–Kier alpha value is 1.00. The predicted octanol–water partition coefficient (Wildman–Crippen LogP) is 2.21. The van der Waals surface area contributed by atoms with E-state index < -0.39 is 0 Å². The van der Waals surface area contributed by atoms with E-state index in [9.17, 15) is 0 Å². The van der Waals surface area contributed by atoms with Crippen molar-refractivity contribution in [1.29, 1.82) is 0 Å². The molecule has 1 saturated carbocycles. The fourth-order valence-corrected chi connectivity index (χ4v) is 1.31. The van der Waals surface area contributed by atoms with Crippen molar-refractivity contribution in [3.63, 3.8) is 0 Å². The molecule has 0 aromatic carbocycles. The molecule has 0 heterocycles. The van der Waals surface area contributed by atoms with E-state index in [1.54, 1.807) is 0 Å². The molecule has 0 saturated heterocycles. The Bertz CT molecular complexity index is 46.3. The van der Waals surface area contributed by atoms with Crippen molar-refractivity contribution < 1.29 is 0 Å². The van der Waals surface area contributed by atoms with Gasteiger partial charge in [0.2, 0.25) is 0 Å². The van der Waals surface area contributed by atoms with Gasteiger partial charge in [-0.15, -0.1) is 0 Å². The maximum atomic E-state index is 2.36. The molecule has 0 aliphatic heterocycles. The van der Waals surface area contributed by atoms with Crippen LogP contribution in [0.1, 0.15) is 39.0 Å². The van der Waals surface area contributed by atoms with Gasteiger partial charge in [-0.2, -0.15) is 0 Å². The summed E-state index contributed by atoms with van der Waals surface area (Å²) in [5, 5.41) is 0. The molecule has 0 spiro atoms. The van der Waals surface area contributed by atoms with Gasteiger partial charge in [-0.05, 0) is 5.92 Å². The molecule has 0 N–H and O–H groups in total. The second-order valence-corrected chi connectivity index (χ2v) is 2.74. The molecule has 0 unspecified atom stereocenters. The molecule has 1 heteroatoms. The molecule has 0 atom stereocenters. The van der Waals surface area contributed by atoms with Gasteiger partial charge in [0, 0.05) is 29.6 Å². The Kier molecular flexibility index (Phi) is 5.44. The van der Waals surface area contributed by atoms with E-state index in [-0.39, 0.29) is 29.6 Å². The summed E-state index contributed by atoms with van der Waals surface area (Å²) >= 11 is 0. The zero-order valence-electron chi connectivity index (χ0n) is 6.11. The van der Waals surface area contributed by atoms with Crippen LogP contribution in [0.4, 0.5) is 0 Å². The van der Waals surface area contributed by atoms with E-state index in [1.165, 1.54) is 32.1 Å². The molecule has 0 aromatic rings. The van der Waals surface area contributed by atoms with Gasteiger partial charge in [-0.25, -0.2) is 0 Å². The standard InChI is InChI=1S/C7H14.Na/c1-7-5-3-2-4-6-7;/h7H,2-6H2,1H3;. The Morgan fingerprint density at radius 1 is 1.00 bits per heavy atom. The minimum absolute atomic E-state index is 0. The van der Waals surface area contributed by atoms with Crippen LogP contribution < -0.4 is 0 Å². The van der Waals surface area contributed by atoms with E-state index in [0.29, 0.717) is 0 Å². The first-order valence-electron chi connectivity index (χ1n) is 3.39. The van der Waals surface area contributed by atoms with Crippen LogP contribution in [-0.2, 0) is 0 Å². The fourth-order valence-electron chi connectivity index (χ4n) is 1.31. The van der Waals surface area contributed by atoms with Crippen molar-refractivity contribution in [3.8, 4) is 0 Å². The molecule has 0 amide bonds. The summed E-state index contributed by atoms with van der Waals surface area (Å²) in [6.07, 6.45) is 7.44. The van der Waals surface area contributed by atoms with Gasteiger partial charge < -0.3 is 0 Å². The fraction of sp³-hybridized carbons (Fsp3) is 1.00. The molecule has 1 rings (SSSR count). The Morgan fingerprint density at radius 3 is 1.75 bits per heavy atom. The van der Waals surface area contributed by atoms with Crippen LogP contribution in [0.5, 0.6) is 0 Å². The molecule has 0 bridgehead atoms. The largest absolute Gasteiger partial charge is 0.0625 e. The normalized spacial score (nSPS) is 22.1. The van der Waals surface area contributed by atoms with Gasteiger partial charge in [-0.3, -0.25) is 0 Å². The van der Waals surface area contributed by atoms with E-state index in [0.717, 1.165) is 5.92 Å².